The molecule has 2 rings (SSSR count). The predicted molar refractivity (Wildman–Crippen MR) is 114 cm³/mol. The zero-order valence-electron chi connectivity index (χ0n) is 15.9. The molecule has 0 fully saturated rings. The van der Waals surface area contributed by atoms with Crippen molar-refractivity contribution in [2.24, 2.45) is 9.98 Å². The van der Waals surface area contributed by atoms with Crippen molar-refractivity contribution in [1.29, 1.82) is 5.26 Å². The lowest BCUT2D eigenvalue weighted by atomic mass is 10.0. The molecule has 1 aromatic carbocycles. The van der Waals surface area contributed by atoms with E-state index in [4.69, 9.17) is 5.26 Å². The van der Waals surface area contributed by atoms with Crippen molar-refractivity contribution in [2.75, 3.05) is 25.5 Å². The van der Waals surface area contributed by atoms with Crippen LogP contribution in [0.4, 0.5) is 5.69 Å². The first-order valence-corrected chi connectivity index (χ1v) is 9.01. The summed E-state index contributed by atoms with van der Waals surface area (Å²) in [5.74, 6) is 0.457. The Morgan fingerprint density at radius 3 is 3.04 bits per heavy atom. The summed E-state index contributed by atoms with van der Waals surface area (Å²) in [6.07, 6.45) is 17.7. The van der Waals surface area contributed by atoms with Crippen LogP contribution in [0.2, 0.25) is 0 Å². The average Bonchev–Trinajstić information content (AvgIpc) is 2.92. The van der Waals surface area contributed by atoms with Crippen LogP contribution in [0.25, 0.3) is 6.08 Å². The molecule has 1 aromatic rings. The summed E-state index contributed by atoms with van der Waals surface area (Å²) in [4.78, 5) is 10.6. The Labute approximate surface area is 161 Å². The van der Waals surface area contributed by atoms with Crippen LogP contribution in [0.5, 0.6) is 0 Å². The van der Waals surface area contributed by atoms with Crippen molar-refractivity contribution in [1.82, 2.24) is 10.2 Å². The van der Waals surface area contributed by atoms with Gasteiger partial charge in [-0.25, -0.2) is 0 Å². The molecule has 0 amide bonds. The number of nitrogens with zero attached hydrogens (tertiary/aromatic N) is 4. The third-order valence-electron chi connectivity index (χ3n) is 3.92. The minimum Gasteiger partial charge on any atom is -0.340 e. The number of rotatable bonds is 7. The smallest absolute Gasteiger partial charge is 0.209 e. The van der Waals surface area contributed by atoms with Crippen LogP contribution in [-0.2, 0) is 6.42 Å². The van der Waals surface area contributed by atoms with Gasteiger partial charge in [0.2, 0.25) is 5.96 Å². The molecule has 0 aliphatic heterocycles. The van der Waals surface area contributed by atoms with Crippen LogP contribution < -0.4 is 10.6 Å². The molecule has 0 unspecified atom stereocenters. The molecule has 0 spiro atoms. The Morgan fingerprint density at radius 1 is 1.37 bits per heavy atom. The number of fused-ring (bicyclic) bond motifs is 1. The van der Waals surface area contributed by atoms with Gasteiger partial charge in [-0.05, 0) is 31.4 Å². The molecule has 0 aromatic heterocycles. The summed E-state index contributed by atoms with van der Waals surface area (Å²) in [5, 5.41) is 14.9. The summed E-state index contributed by atoms with van der Waals surface area (Å²) < 4.78 is 0. The van der Waals surface area contributed by atoms with Crippen molar-refractivity contribution in [3.8, 4) is 6.19 Å². The highest BCUT2D eigenvalue weighted by molar-refractivity contribution is 5.96. The monoisotopic (exact) mass is 362 g/mol. The Balaban J connectivity index is 2.04. The van der Waals surface area contributed by atoms with Crippen molar-refractivity contribution >= 4 is 24.1 Å². The van der Waals surface area contributed by atoms with Crippen LogP contribution >= 0.6 is 0 Å². The second-order valence-electron chi connectivity index (χ2n) is 5.91. The molecule has 0 saturated heterocycles. The maximum Gasteiger partial charge on any atom is 0.209 e. The molecule has 0 saturated carbocycles. The Morgan fingerprint density at radius 2 is 2.26 bits per heavy atom. The molecule has 140 valence electrons. The van der Waals surface area contributed by atoms with E-state index in [2.05, 4.69) is 38.8 Å². The second-order valence-corrected chi connectivity index (χ2v) is 5.91. The molecular weight excluding hydrogens is 336 g/mol. The molecule has 0 atom stereocenters. The van der Waals surface area contributed by atoms with Gasteiger partial charge < -0.3 is 10.2 Å². The third-order valence-corrected chi connectivity index (χ3v) is 3.92. The van der Waals surface area contributed by atoms with Crippen LogP contribution in [0.1, 0.15) is 24.5 Å². The van der Waals surface area contributed by atoms with Crippen molar-refractivity contribution in [3.05, 3.63) is 59.8 Å². The van der Waals surface area contributed by atoms with E-state index in [9.17, 15) is 0 Å². The lowest BCUT2D eigenvalue weighted by Gasteiger charge is -2.15. The Hall–Kier alpha value is -3.33. The fourth-order valence-electron chi connectivity index (χ4n) is 2.77. The highest BCUT2D eigenvalue weighted by atomic mass is 15.2. The van der Waals surface area contributed by atoms with Gasteiger partial charge in [0, 0.05) is 37.6 Å². The van der Waals surface area contributed by atoms with E-state index in [1.165, 1.54) is 5.56 Å². The van der Waals surface area contributed by atoms with Gasteiger partial charge >= 0.3 is 0 Å². The number of hydrogen-bond donors (Lipinski definition) is 2. The van der Waals surface area contributed by atoms with Gasteiger partial charge in [-0.15, -0.1) is 0 Å². The van der Waals surface area contributed by atoms with Gasteiger partial charge in [-0.1, -0.05) is 42.5 Å². The predicted octanol–water partition coefficient (Wildman–Crippen LogP) is 3.53. The topological polar surface area (TPSA) is 75.8 Å². The largest absolute Gasteiger partial charge is 0.340 e. The Kier molecular flexibility index (Phi) is 8.38. The normalized spacial score (nSPS) is 13.4. The van der Waals surface area contributed by atoms with Crippen molar-refractivity contribution in [2.45, 2.75) is 19.8 Å². The van der Waals surface area contributed by atoms with Gasteiger partial charge in [-0.2, -0.15) is 5.26 Å². The fourth-order valence-corrected chi connectivity index (χ4v) is 2.77. The van der Waals surface area contributed by atoms with Gasteiger partial charge in [0.25, 0.3) is 0 Å². The summed E-state index contributed by atoms with van der Waals surface area (Å²) in [5.41, 5.74) is 3.29. The number of guanidine groups is 1. The van der Waals surface area contributed by atoms with E-state index < -0.39 is 0 Å². The van der Waals surface area contributed by atoms with Crippen LogP contribution in [0, 0.1) is 11.5 Å². The van der Waals surface area contributed by atoms with E-state index in [1.54, 1.807) is 13.4 Å². The van der Waals surface area contributed by atoms with E-state index in [-0.39, 0.29) is 0 Å². The van der Waals surface area contributed by atoms with Crippen LogP contribution in [0.3, 0.4) is 0 Å². The summed E-state index contributed by atoms with van der Waals surface area (Å²) in [6.45, 7) is 3.37. The average molecular weight is 362 g/mol. The van der Waals surface area contributed by atoms with Crippen LogP contribution in [0.15, 0.2) is 58.7 Å². The summed E-state index contributed by atoms with van der Waals surface area (Å²) in [7, 11) is 1.75. The van der Waals surface area contributed by atoms with Gasteiger partial charge in [0.15, 0.2) is 6.19 Å². The third kappa shape index (κ3) is 6.48. The zero-order valence-corrected chi connectivity index (χ0v) is 15.9. The molecule has 1 aliphatic carbocycles. The lowest BCUT2D eigenvalue weighted by Crippen LogP contribution is -2.28. The van der Waals surface area contributed by atoms with Crippen molar-refractivity contribution in [3.63, 3.8) is 0 Å². The molecule has 6 heteroatoms. The molecule has 0 radical (unpaired) electrons. The first-order valence-electron chi connectivity index (χ1n) is 9.01. The first kappa shape index (κ1) is 20.0. The fraction of sp³-hybridized carbons (Fsp3) is 0.286. The van der Waals surface area contributed by atoms with Crippen LogP contribution in [-0.4, -0.2) is 37.3 Å². The molecule has 1 aliphatic rings. The highest BCUT2D eigenvalue weighted by Crippen LogP contribution is 2.24. The zero-order chi connectivity index (χ0) is 19.3. The number of benzene rings is 1. The second kappa shape index (κ2) is 11.3. The molecule has 27 heavy (non-hydrogen) atoms. The van der Waals surface area contributed by atoms with E-state index in [0.29, 0.717) is 12.5 Å². The molecule has 0 heterocycles. The minimum atomic E-state index is 0.457. The standard InChI is InChI=1S/C21H26N6/c1-3-14-27(17-23-2)15-8-13-24-21(25-16-22)26-20-12-7-10-18-9-5-4-6-11-19(18)20/h3-7,10-12,14,17H,8-9,13,15H2,1-2H3,(H2,24,25,26)/b14-3+,23-17?. The van der Waals surface area contributed by atoms with Gasteiger partial charge in [0.05, 0.1) is 6.34 Å². The number of nitrogens with one attached hydrogen (secondary N) is 2. The maximum absolute atomic E-state index is 9.04. The first-order chi connectivity index (χ1) is 13.3. The number of aliphatic imine (C=N–C) groups is 2. The SMILES string of the molecule is C/C=C/N(C=NC)CCCN=C(NC#N)Nc1cccc2c1C=CC=CC2. The maximum atomic E-state index is 9.04. The molecular formula is C21H26N6. The van der Waals surface area contributed by atoms with Gasteiger partial charge in [-0.3, -0.25) is 15.3 Å². The minimum absolute atomic E-state index is 0.457. The van der Waals surface area contributed by atoms with Crippen molar-refractivity contribution < 1.29 is 0 Å². The van der Waals surface area contributed by atoms with E-state index in [0.717, 1.165) is 30.6 Å². The number of anilines is 1. The Bertz CT molecular complexity index is 783. The molecule has 0 bridgehead atoms. The van der Waals surface area contributed by atoms with E-state index in [1.807, 2.05) is 54.6 Å². The number of hydrogen-bond acceptors (Lipinski definition) is 3. The molecule has 2 N–H and O–H groups in total. The number of allylic oxidation sites excluding steroid dienone is 4. The van der Waals surface area contributed by atoms with E-state index >= 15 is 0 Å². The molecule has 6 nitrogen and oxygen atoms in total. The summed E-state index contributed by atoms with van der Waals surface area (Å²) >= 11 is 0. The lowest BCUT2D eigenvalue weighted by molar-refractivity contribution is 0.549. The summed E-state index contributed by atoms with van der Waals surface area (Å²) in [6, 6.07) is 6.12. The van der Waals surface area contributed by atoms with Gasteiger partial charge in [0.1, 0.15) is 0 Å². The quantitative estimate of drug-likeness (QED) is 0.256. The highest BCUT2D eigenvalue weighted by Gasteiger charge is 2.08. The number of nitriles is 1.